The van der Waals surface area contributed by atoms with E-state index in [0.29, 0.717) is 31.2 Å². The molecule has 2 saturated heterocycles. The van der Waals surface area contributed by atoms with Gasteiger partial charge in [-0.05, 0) is 51.7 Å². The summed E-state index contributed by atoms with van der Waals surface area (Å²) in [5.41, 5.74) is 5.55. The van der Waals surface area contributed by atoms with Gasteiger partial charge in [-0.2, -0.15) is 0 Å². The number of hydrogen-bond donors (Lipinski definition) is 4. The molecule has 0 radical (unpaired) electrons. The first-order valence-corrected chi connectivity index (χ1v) is 19.5. The number of alkyl carbamates (subject to hydrolysis) is 1. The van der Waals surface area contributed by atoms with Crippen molar-refractivity contribution in [3.05, 3.63) is 60.4 Å². The first kappa shape index (κ1) is 40.3. The minimum atomic E-state index is -1.20. The Balaban J connectivity index is 1.12. The Kier molecular flexibility index (Phi) is 11.5. The summed E-state index contributed by atoms with van der Waals surface area (Å²) in [6.45, 7) is 4.44. The van der Waals surface area contributed by atoms with E-state index in [-0.39, 0.29) is 23.9 Å². The summed E-state index contributed by atoms with van der Waals surface area (Å²) in [6, 6.07) is 10.0. The minimum absolute atomic E-state index is 0.259. The number of amides is 4. The number of H-pyrrole nitrogens is 2. The van der Waals surface area contributed by atoms with Crippen LogP contribution in [0.2, 0.25) is 0 Å². The second kappa shape index (κ2) is 16.5. The minimum Gasteiger partial charge on any atom is -0.465 e. The van der Waals surface area contributed by atoms with Crippen molar-refractivity contribution in [1.82, 2.24) is 44.5 Å². The Morgan fingerprint density at radius 2 is 1.31 bits per heavy atom. The van der Waals surface area contributed by atoms with Crippen LogP contribution in [0.5, 0.6) is 0 Å². The number of fused-ring (bicyclic) bond motifs is 3. The summed E-state index contributed by atoms with van der Waals surface area (Å²) in [7, 11) is 7.64. The highest BCUT2D eigenvalue weighted by Gasteiger charge is 2.41. The fourth-order valence-corrected chi connectivity index (χ4v) is 8.45. The molecule has 0 spiro atoms. The number of benzene rings is 2. The number of aromatic nitrogens is 5. The lowest BCUT2D eigenvalue weighted by Crippen LogP contribution is -2.54. The van der Waals surface area contributed by atoms with Gasteiger partial charge in [-0.25, -0.2) is 19.6 Å². The first-order chi connectivity index (χ1) is 27.9. The van der Waals surface area contributed by atoms with Gasteiger partial charge in [0.25, 0.3) is 0 Å². The van der Waals surface area contributed by atoms with E-state index in [4.69, 9.17) is 24.2 Å². The molecule has 0 saturated carbocycles. The number of methoxy groups -OCH3 is 3. The maximum atomic E-state index is 13.8. The first-order valence-electron chi connectivity index (χ1n) is 19.5. The lowest BCUT2D eigenvalue weighted by molar-refractivity contribution is -0.141. The number of likely N-dealkylation sites (tertiary alicyclic amines) is 2. The molecule has 7 rings (SSSR count). The third-order valence-corrected chi connectivity index (χ3v) is 11.9. The van der Waals surface area contributed by atoms with Gasteiger partial charge < -0.3 is 49.0 Å². The zero-order valence-electron chi connectivity index (χ0n) is 33.8. The van der Waals surface area contributed by atoms with Crippen LogP contribution in [0.4, 0.5) is 9.59 Å². The Hall–Kier alpha value is -5.94. The van der Waals surface area contributed by atoms with Crippen molar-refractivity contribution in [2.24, 2.45) is 7.05 Å². The smallest absolute Gasteiger partial charge is 0.407 e. The van der Waals surface area contributed by atoms with Gasteiger partial charge in [0.1, 0.15) is 23.7 Å². The van der Waals surface area contributed by atoms with Crippen LogP contribution >= 0.6 is 0 Å². The average Bonchev–Trinajstić information content (AvgIpc) is 4.09. The van der Waals surface area contributed by atoms with Crippen molar-refractivity contribution in [1.29, 1.82) is 0 Å². The quantitative estimate of drug-likeness (QED) is 0.130. The zero-order valence-corrected chi connectivity index (χ0v) is 33.8. The van der Waals surface area contributed by atoms with Crippen molar-refractivity contribution < 1.29 is 38.5 Å². The highest BCUT2D eigenvalue weighted by molar-refractivity contribution is 6.09. The molecule has 1 unspecified atom stereocenters. The second-order valence-electron chi connectivity index (χ2n) is 15.1. The van der Waals surface area contributed by atoms with Gasteiger partial charge in [0, 0.05) is 74.3 Å². The molecule has 2 aromatic carbocycles. The highest BCUT2D eigenvalue weighted by atomic mass is 16.5. The van der Waals surface area contributed by atoms with Gasteiger partial charge >= 0.3 is 12.2 Å². The molecular weight excluding hydrogens is 747 g/mol. The zero-order chi connectivity index (χ0) is 41.4. The van der Waals surface area contributed by atoms with Crippen LogP contribution in [0.3, 0.4) is 0 Å². The summed E-state index contributed by atoms with van der Waals surface area (Å²) in [6.07, 6.45) is 3.45. The molecule has 17 heteroatoms. The van der Waals surface area contributed by atoms with E-state index in [1.807, 2.05) is 7.05 Å². The SMILES string of the molecule is COC(=O)N[C@H](C(=O)N1CCC[C@H]1c1ncc(-c2ccc3c4ccc(-c5cnc([C@@H]6CCCN6C(=O)[C@H]([C@@H](C)OC)N(C)C(=O)O)[nH]5)cc4n(C)c3c2)[nH]1)C(C)OC. The number of carboxylic acid groups (broad SMARTS) is 1. The van der Waals surface area contributed by atoms with Gasteiger partial charge in [0.2, 0.25) is 11.8 Å². The molecule has 3 aromatic heterocycles. The number of carbonyl (C=O) groups is 4. The molecule has 58 heavy (non-hydrogen) atoms. The molecule has 0 bridgehead atoms. The molecule has 308 valence electrons. The predicted molar refractivity (Wildman–Crippen MR) is 215 cm³/mol. The van der Waals surface area contributed by atoms with E-state index in [2.05, 4.69) is 56.3 Å². The number of aryl methyl sites for hydroxylation is 1. The number of nitrogens with zero attached hydrogens (tertiary/aromatic N) is 6. The molecule has 0 aliphatic carbocycles. The topological polar surface area (TPSA) is 200 Å². The van der Waals surface area contributed by atoms with E-state index >= 15 is 0 Å². The Bertz CT molecular complexity index is 2330. The normalized spacial score (nSPS) is 19.0. The Morgan fingerprint density at radius 1 is 0.810 bits per heavy atom. The van der Waals surface area contributed by atoms with Crippen LogP contribution < -0.4 is 5.32 Å². The van der Waals surface area contributed by atoms with E-state index in [0.717, 1.165) is 68.5 Å². The number of nitrogens with one attached hydrogen (secondary N) is 3. The molecule has 2 fully saturated rings. The number of hydrogen-bond acceptors (Lipinski definition) is 9. The lowest BCUT2D eigenvalue weighted by Gasteiger charge is -2.34. The largest absolute Gasteiger partial charge is 0.465 e. The Morgan fingerprint density at radius 3 is 1.78 bits per heavy atom. The standard InChI is InChI=1S/C41H51N9O8/c1-22(56-5)34(46-40(53)58-7)38(51)49-16-8-10-30(49)36-42-20-28(44-36)24-12-14-26-27-15-13-25(19-33(27)47(3)32(26)18-24)29-21-43-37(45-29)31-11-9-17-50(31)39(52)35(23(2)57-6)48(4)41(54)55/h12-15,18-23,30-31,34-35H,8-11,16-17H2,1-7H3,(H,42,44)(H,43,45)(H,46,53)(H,54,55)/t22?,23-,30+,31+,34+,35+/m1/s1. The third kappa shape index (κ3) is 7.35. The van der Waals surface area contributed by atoms with Gasteiger partial charge in [0.15, 0.2) is 0 Å². The van der Waals surface area contributed by atoms with Gasteiger partial charge in [-0.15, -0.1) is 0 Å². The van der Waals surface area contributed by atoms with E-state index in [1.165, 1.54) is 28.4 Å². The summed E-state index contributed by atoms with van der Waals surface area (Å²) in [4.78, 5) is 72.2. The van der Waals surface area contributed by atoms with Crippen LogP contribution in [-0.4, -0.2) is 134 Å². The van der Waals surface area contributed by atoms with E-state index in [9.17, 15) is 24.3 Å². The number of ether oxygens (including phenoxy) is 3. The van der Waals surface area contributed by atoms with Gasteiger partial charge in [-0.1, -0.05) is 24.3 Å². The predicted octanol–water partition coefficient (Wildman–Crippen LogP) is 5.21. The number of likely N-dealkylation sites (N-methyl/N-ethyl adjacent to an activating group) is 1. The molecule has 2 aliphatic heterocycles. The van der Waals surface area contributed by atoms with Gasteiger partial charge in [0.05, 0.1) is 55.2 Å². The highest BCUT2D eigenvalue weighted by Crippen LogP contribution is 2.37. The average molecular weight is 798 g/mol. The van der Waals surface area contributed by atoms with Crippen molar-refractivity contribution in [3.8, 4) is 22.5 Å². The number of imidazole rings is 2. The number of carbonyl (C=O) groups excluding carboxylic acids is 3. The molecule has 17 nitrogen and oxygen atoms in total. The van der Waals surface area contributed by atoms with Crippen molar-refractivity contribution in [3.63, 3.8) is 0 Å². The van der Waals surface area contributed by atoms with Crippen LogP contribution in [0.25, 0.3) is 44.3 Å². The summed E-state index contributed by atoms with van der Waals surface area (Å²) < 4.78 is 17.7. The molecule has 6 atom stereocenters. The van der Waals surface area contributed by atoms with Crippen LogP contribution in [0.15, 0.2) is 48.8 Å². The fraction of sp³-hybridized carbons (Fsp3) is 0.463. The maximum Gasteiger partial charge on any atom is 0.407 e. The van der Waals surface area contributed by atoms with Crippen LogP contribution in [0, 0.1) is 0 Å². The van der Waals surface area contributed by atoms with Gasteiger partial charge in [-0.3, -0.25) is 14.5 Å². The summed E-state index contributed by atoms with van der Waals surface area (Å²) >= 11 is 0. The third-order valence-electron chi connectivity index (χ3n) is 11.9. The second-order valence-corrected chi connectivity index (χ2v) is 15.1. The Labute approximate surface area is 335 Å². The van der Waals surface area contributed by atoms with E-state index < -0.39 is 36.5 Å². The van der Waals surface area contributed by atoms with Crippen LogP contribution in [0.1, 0.15) is 63.3 Å². The van der Waals surface area contributed by atoms with Crippen molar-refractivity contribution >= 4 is 45.8 Å². The molecule has 4 N–H and O–H groups in total. The lowest BCUT2D eigenvalue weighted by atomic mass is 10.1. The maximum absolute atomic E-state index is 13.8. The summed E-state index contributed by atoms with van der Waals surface area (Å²) in [5, 5.41) is 14.5. The van der Waals surface area contributed by atoms with Crippen molar-refractivity contribution in [2.75, 3.05) is 41.5 Å². The molecule has 4 amide bonds. The molecular formula is C41H51N9O8. The van der Waals surface area contributed by atoms with Crippen molar-refractivity contribution in [2.45, 2.75) is 75.9 Å². The fourth-order valence-electron chi connectivity index (χ4n) is 8.45. The molecule has 5 heterocycles. The number of aromatic amines is 2. The summed E-state index contributed by atoms with van der Waals surface area (Å²) in [5.74, 6) is 0.750. The van der Waals surface area contributed by atoms with Crippen LogP contribution in [-0.2, 0) is 30.8 Å². The van der Waals surface area contributed by atoms with E-state index in [1.54, 1.807) is 36.0 Å². The number of rotatable bonds is 12. The molecule has 5 aromatic rings. The molecule has 2 aliphatic rings. The monoisotopic (exact) mass is 797 g/mol.